The third kappa shape index (κ3) is 4.04. The molecule has 17 heavy (non-hydrogen) atoms. The van der Waals surface area contributed by atoms with Crippen LogP contribution in [-0.2, 0) is 0 Å². The molecule has 0 aliphatic carbocycles. The minimum Gasteiger partial charge on any atom is -0.492 e. The normalized spacial score (nSPS) is 14.7. The molecule has 0 heterocycles. The number of nitrogens with two attached hydrogens (primary N) is 1. The van der Waals surface area contributed by atoms with Crippen molar-refractivity contribution in [1.82, 2.24) is 0 Å². The van der Waals surface area contributed by atoms with Gasteiger partial charge in [0, 0.05) is 6.04 Å². The summed E-state index contributed by atoms with van der Waals surface area (Å²) in [5, 5.41) is 0. The number of para-hydroxylation sites is 1. The van der Waals surface area contributed by atoms with E-state index in [4.69, 9.17) is 10.5 Å². The maximum absolute atomic E-state index is 6.00. The van der Waals surface area contributed by atoms with Crippen molar-refractivity contribution in [2.24, 2.45) is 11.7 Å². The topological polar surface area (TPSA) is 35.2 Å². The van der Waals surface area contributed by atoms with Gasteiger partial charge in [0.05, 0.1) is 0 Å². The predicted octanol–water partition coefficient (Wildman–Crippen LogP) is 3.56. The molecule has 2 heteroatoms. The van der Waals surface area contributed by atoms with Gasteiger partial charge in [-0.05, 0) is 29.9 Å². The second kappa shape index (κ2) is 6.65. The second-order valence-corrected chi connectivity index (χ2v) is 5.07. The molecule has 1 aromatic carbocycles. The maximum Gasteiger partial charge on any atom is 0.122 e. The van der Waals surface area contributed by atoms with Crippen molar-refractivity contribution < 1.29 is 4.74 Å². The fourth-order valence-corrected chi connectivity index (χ4v) is 1.62. The Bertz CT molecular complexity index is 335. The van der Waals surface area contributed by atoms with Crippen LogP contribution in [0, 0.1) is 5.92 Å². The Balaban J connectivity index is 2.70. The van der Waals surface area contributed by atoms with E-state index in [0.29, 0.717) is 18.4 Å². The average molecular weight is 235 g/mol. The van der Waals surface area contributed by atoms with Gasteiger partial charge in [0.15, 0.2) is 0 Å². The lowest BCUT2D eigenvalue weighted by atomic mass is 9.98. The lowest BCUT2D eigenvalue weighted by Crippen LogP contribution is -2.33. The zero-order valence-electron chi connectivity index (χ0n) is 11.4. The molecule has 0 saturated heterocycles. The van der Waals surface area contributed by atoms with E-state index < -0.39 is 0 Å². The molecule has 2 nitrogen and oxygen atoms in total. The third-order valence-electron chi connectivity index (χ3n) is 3.35. The Labute approximate surface area is 105 Å². The molecule has 0 fully saturated rings. The number of hydrogen-bond donors (Lipinski definition) is 1. The van der Waals surface area contributed by atoms with Gasteiger partial charge in [0.2, 0.25) is 0 Å². The van der Waals surface area contributed by atoms with Crippen LogP contribution in [0.15, 0.2) is 24.3 Å². The second-order valence-electron chi connectivity index (χ2n) is 5.07. The molecule has 0 aliphatic rings. The van der Waals surface area contributed by atoms with Gasteiger partial charge < -0.3 is 10.5 Å². The highest BCUT2D eigenvalue weighted by atomic mass is 16.5. The van der Waals surface area contributed by atoms with Crippen molar-refractivity contribution >= 4 is 0 Å². The Kier molecular flexibility index (Phi) is 5.49. The van der Waals surface area contributed by atoms with Gasteiger partial charge in [0.25, 0.3) is 0 Å². The number of hydrogen-bond acceptors (Lipinski definition) is 2. The molecule has 1 rings (SSSR count). The molecule has 2 N–H and O–H groups in total. The lowest BCUT2D eigenvalue weighted by molar-refractivity contribution is 0.256. The van der Waals surface area contributed by atoms with Crippen LogP contribution in [0.4, 0.5) is 0 Å². The highest BCUT2D eigenvalue weighted by molar-refractivity contribution is 5.35. The van der Waals surface area contributed by atoms with Crippen LogP contribution in [0.25, 0.3) is 0 Å². The SMILES string of the molecule is CCC(C)c1ccccc1OCC(N)C(C)C. The van der Waals surface area contributed by atoms with Gasteiger partial charge in [-0.2, -0.15) is 0 Å². The Morgan fingerprint density at radius 1 is 1.18 bits per heavy atom. The van der Waals surface area contributed by atoms with E-state index >= 15 is 0 Å². The quantitative estimate of drug-likeness (QED) is 0.818. The zero-order valence-corrected chi connectivity index (χ0v) is 11.4. The van der Waals surface area contributed by atoms with E-state index in [9.17, 15) is 0 Å². The molecule has 2 atom stereocenters. The fourth-order valence-electron chi connectivity index (χ4n) is 1.62. The summed E-state index contributed by atoms with van der Waals surface area (Å²) in [6.45, 7) is 9.25. The van der Waals surface area contributed by atoms with Crippen LogP contribution in [0.3, 0.4) is 0 Å². The van der Waals surface area contributed by atoms with E-state index in [2.05, 4.69) is 39.8 Å². The summed E-state index contributed by atoms with van der Waals surface area (Å²) in [6, 6.07) is 8.36. The minimum atomic E-state index is 0.0972. The summed E-state index contributed by atoms with van der Waals surface area (Å²) in [5.41, 5.74) is 7.28. The zero-order chi connectivity index (χ0) is 12.8. The number of rotatable bonds is 6. The summed E-state index contributed by atoms with van der Waals surface area (Å²) in [6.07, 6.45) is 1.12. The van der Waals surface area contributed by atoms with Gasteiger partial charge in [-0.1, -0.05) is 45.9 Å². The largest absolute Gasteiger partial charge is 0.492 e. The summed E-state index contributed by atoms with van der Waals surface area (Å²) in [7, 11) is 0. The lowest BCUT2D eigenvalue weighted by Gasteiger charge is -2.19. The predicted molar refractivity (Wildman–Crippen MR) is 73.5 cm³/mol. The molecule has 0 aliphatic heterocycles. The van der Waals surface area contributed by atoms with Crippen LogP contribution >= 0.6 is 0 Å². The summed E-state index contributed by atoms with van der Waals surface area (Å²) in [4.78, 5) is 0. The first-order valence-corrected chi connectivity index (χ1v) is 6.53. The molecule has 2 unspecified atom stereocenters. The fraction of sp³-hybridized carbons (Fsp3) is 0.600. The number of ether oxygens (including phenoxy) is 1. The van der Waals surface area contributed by atoms with Gasteiger partial charge in [0.1, 0.15) is 12.4 Å². The highest BCUT2D eigenvalue weighted by Crippen LogP contribution is 2.28. The van der Waals surface area contributed by atoms with Crippen molar-refractivity contribution in [3.8, 4) is 5.75 Å². The van der Waals surface area contributed by atoms with Crippen molar-refractivity contribution in [2.75, 3.05) is 6.61 Å². The van der Waals surface area contributed by atoms with Gasteiger partial charge >= 0.3 is 0 Å². The van der Waals surface area contributed by atoms with Crippen LogP contribution in [0.2, 0.25) is 0 Å². The smallest absolute Gasteiger partial charge is 0.122 e. The van der Waals surface area contributed by atoms with Crippen LogP contribution in [-0.4, -0.2) is 12.6 Å². The van der Waals surface area contributed by atoms with E-state index in [1.165, 1.54) is 5.56 Å². The van der Waals surface area contributed by atoms with Crippen molar-refractivity contribution in [1.29, 1.82) is 0 Å². The third-order valence-corrected chi connectivity index (χ3v) is 3.35. The van der Waals surface area contributed by atoms with Crippen molar-refractivity contribution in [2.45, 2.75) is 46.1 Å². The maximum atomic E-state index is 6.00. The van der Waals surface area contributed by atoms with Gasteiger partial charge in [-0.15, -0.1) is 0 Å². The molecule has 0 saturated carbocycles. The molecular formula is C15H25NO. The van der Waals surface area contributed by atoms with E-state index in [1.54, 1.807) is 0 Å². The monoisotopic (exact) mass is 235 g/mol. The first-order valence-electron chi connectivity index (χ1n) is 6.53. The average Bonchev–Trinajstić information content (AvgIpc) is 2.35. The summed E-state index contributed by atoms with van der Waals surface area (Å²) < 4.78 is 5.86. The van der Waals surface area contributed by atoms with E-state index in [0.717, 1.165) is 12.2 Å². The van der Waals surface area contributed by atoms with Gasteiger partial charge in [-0.3, -0.25) is 0 Å². The van der Waals surface area contributed by atoms with Crippen LogP contribution in [0.5, 0.6) is 5.75 Å². The molecule has 0 bridgehead atoms. The minimum absolute atomic E-state index is 0.0972. The molecule has 0 aromatic heterocycles. The number of benzene rings is 1. The summed E-state index contributed by atoms with van der Waals surface area (Å²) >= 11 is 0. The molecule has 96 valence electrons. The van der Waals surface area contributed by atoms with Crippen LogP contribution in [0.1, 0.15) is 45.6 Å². The molecule has 0 radical (unpaired) electrons. The molecular weight excluding hydrogens is 210 g/mol. The first kappa shape index (κ1) is 14.0. The van der Waals surface area contributed by atoms with Crippen LogP contribution < -0.4 is 10.5 Å². The first-order chi connectivity index (χ1) is 8.06. The van der Waals surface area contributed by atoms with Gasteiger partial charge in [-0.25, -0.2) is 0 Å². The Morgan fingerprint density at radius 2 is 1.82 bits per heavy atom. The van der Waals surface area contributed by atoms with Crippen molar-refractivity contribution in [3.63, 3.8) is 0 Å². The molecule has 1 aromatic rings. The molecule has 0 amide bonds. The standard InChI is InChI=1S/C15H25NO/c1-5-12(4)13-8-6-7-9-15(13)17-10-14(16)11(2)3/h6-9,11-12,14H,5,10,16H2,1-4H3. The van der Waals surface area contributed by atoms with Crippen molar-refractivity contribution in [3.05, 3.63) is 29.8 Å². The summed E-state index contributed by atoms with van der Waals surface area (Å²) in [5.74, 6) is 1.96. The van der Waals surface area contributed by atoms with E-state index in [-0.39, 0.29) is 6.04 Å². The Morgan fingerprint density at radius 3 is 2.41 bits per heavy atom. The highest BCUT2D eigenvalue weighted by Gasteiger charge is 2.12. The Hall–Kier alpha value is -1.02. The molecule has 0 spiro atoms. The van der Waals surface area contributed by atoms with E-state index in [1.807, 2.05) is 12.1 Å².